The van der Waals surface area contributed by atoms with Crippen LogP contribution in [0.4, 0.5) is 0 Å². The molecular weight excluding hydrogens is 436 g/mol. The van der Waals surface area contributed by atoms with E-state index in [1.54, 1.807) is 0 Å². The van der Waals surface area contributed by atoms with E-state index in [0.717, 1.165) is 55.0 Å². The molecule has 0 amide bonds. The lowest BCUT2D eigenvalue weighted by molar-refractivity contribution is 0.175. The molecule has 0 aromatic heterocycles. The van der Waals surface area contributed by atoms with E-state index >= 15 is 0 Å². The monoisotopic (exact) mass is 472 g/mol. The molecule has 0 aliphatic carbocycles. The van der Waals surface area contributed by atoms with Crippen LogP contribution in [0.1, 0.15) is 71.3 Å². The van der Waals surface area contributed by atoms with Crippen molar-refractivity contribution in [3.63, 3.8) is 0 Å². The first-order chi connectivity index (χ1) is 13.6. The molecule has 0 bridgehead atoms. The van der Waals surface area contributed by atoms with Gasteiger partial charge in [-0.15, -0.1) is 11.8 Å². The van der Waals surface area contributed by atoms with E-state index in [1.165, 1.54) is 0 Å². The van der Waals surface area contributed by atoms with Crippen LogP contribution < -0.4 is 0 Å². The lowest BCUT2D eigenvalue weighted by Crippen LogP contribution is -2.44. The van der Waals surface area contributed by atoms with Crippen molar-refractivity contribution in [2.24, 2.45) is 0 Å². The molecule has 1 aromatic rings. The van der Waals surface area contributed by atoms with Crippen molar-refractivity contribution in [2.45, 2.75) is 90.0 Å². The molecule has 3 heteroatoms. The van der Waals surface area contributed by atoms with Crippen LogP contribution in [0.25, 0.3) is 0 Å². The number of rotatable bonds is 9. The smallest absolute Gasteiger partial charge is 0.192 e. The highest BCUT2D eigenvalue weighted by atomic mass is 79.9. The van der Waals surface area contributed by atoms with Gasteiger partial charge in [0.05, 0.1) is 6.10 Å². The maximum atomic E-state index is 6.59. The van der Waals surface area contributed by atoms with Gasteiger partial charge in [-0.05, 0) is 54.0 Å². The Hall–Kier alpha value is -1.26. The van der Waals surface area contributed by atoms with Gasteiger partial charge in [-0.25, -0.2) is 0 Å². The Morgan fingerprint density at radius 2 is 1.62 bits per heavy atom. The fourth-order valence-electron chi connectivity index (χ4n) is 2.57. The second-order valence-corrected chi connectivity index (χ2v) is 14.9. The zero-order valence-electron chi connectivity index (χ0n) is 18.9. The zero-order chi connectivity index (χ0) is 21.8. The molecule has 1 atom stereocenters. The summed E-state index contributed by atoms with van der Waals surface area (Å²) in [6, 6.07) is 10.2. The van der Waals surface area contributed by atoms with Crippen molar-refractivity contribution in [1.29, 1.82) is 0 Å². The first kappa shape index (κ1) is 25.8. The van der Waals surface area contributed by atoms with Gasteiger partial charge in [0, 0.05) is 31.2 Å². The van der Waals surface area contributed by atoms with Crippen LogP contribution in [0.15, 0.2) is 41.4 Å². The summed E-state index contributed by atoms with van der Waals surface area (Å²) in [6.07, 6.45) is 7.01. The zero-order valence-corrected chi connectivity index (χ0v) is 21.5. The van der Waals surface area contributed by atoms with Crippen LogP contribution in [-0.4, -0.2) is 14.4 Å². The Balaban J connectivity index is 2.32. The van der Waals surface area contributed by atoms with Crippen molar-refractivity contribution >= 4 is 24.2 Å². The molecule has 0 radical (unpaired) electrons. The van der Waals surface area contributed by atoms with Crippen molar-refractivity contribution in [3.8, 4) is 23.7 Å². The second-order valence-electron chi connectivity index (χ2n) is 8.99. The molecule has 1 unspecified atom stereocenters. The van der Waals surface area contributed by atoms with E-state index < -0.39 is 8.32 Å². The number of unbranched alkanes of at least 4 members (excludes halogenated alkanes) is 3. The topological polar surface area (TPSA) is 9.23 Å². The Bertz CT molecular complexity index is 738. The summed E-state index contributed by atoms with van der Waals surface area (Å²) in [7, 11) is -1.78. The SMILES string of the molecule is C=C(Br)CC(CCC#CCCCCC#Cc1ccccc1)O[Si](C)(C)C(C)(C)C. The highest BCUT2D eigenvalue weighted by Crippen LogP contribution is 2.38. The van der Waals surface area contributed by atoms with Crippen LogP contribution in [0.2, 0.25) is 18.1 Å². The summed E-state index contributed by atoms with van der Waals surface area (Å²) in [5.74, 6) is 13.1. The third-order valence-corrected chi connectivity index (χ3v) is 10.2. The van der Waals surface area contributed by atoms with Crippen LogP contribution in [0.3, 0.4) is 0 Å². The van der Waals surface area contributed by atoms with Crippen LogP contribution in [0.5, 0.6) is 0 Å². The van der Waals surface area contributed by atoms with Gasteiger partial charge in [-0.2, -0.15) is 0 Å². The van der Waals surface area contributed by atoms with Gasteiger partial charge in [-0.3, -0.25) is 0 Å². The average Bonchev–Trinajstić information content (AvgIpc) is 2.62. The normalized spacial score (nSPS) is 12.3. The molecule has 0 heterocycles. The molecule has 0 N–H and O–H groups in total. The van der Waals surface area contributed by atoms with Crippen LogP contribution in [-0.2, 0) is 4.43 Å². The van der Waals surface area contributed by atoms with E-state index in [-0.39, 0.29) is 11.1 Å². The fourth-order valence-corrected chi connectivity index (χ4v) is 4.32. The molecule has 0 aliphatic rings. The molecule has 0 aliphatic heterocycles. The molecule has 0 fully saturated rings. The molecule has 0 spiro atoms. The van der Waals surface area contributed by atoms with E-state index in [4.69, 9.17) is 4.43 Å². The predicted octanol–water partition coefficient (Wildman–Crippen LogP) is 8.07. The predicted molar refractivity (Wildman–Crippen MR) is 134 cm³/mol. The van der Waals surface area contributed by atoms with Crippen LogP contribution in [0, 0.1) is 23.7 Å². The Labute approximate surface area is 189 Å². The third-order valence-electron chi connectivity index (χ3n) is 5.29. The molecule has 29 heavy (non-hydrogen) atoms. The first-order valence-electron chi connectivity index (χ1n) is 10.6. The van der Waals surface area contributed by atoms with Crippen molar-refractivity contribution in [1.82, 2.24) is 0 Å². The quantitative estimate of drug-likeness (QED) is 0.200. The minimum absolute atomic E-state index is 0.199. The van der Waals surface area contributed by atoms with E-state index in [2.05, 4.69) is 80.1 Å². The standard InChI is InChI=1S/C26H37BrOSi/c1-23(27)22-25(28-29(5,6)26(2,3)4)21-17-12-10-8-7-9-11-14-18-24-19-15-13-16-20-24/h13,15-16,19-20,25H,1,7-9,11,17,21-22H2,2-6H3. The van der Waals surface area contributed by atoms with Gasteiger partial charge in [0.1, 0.15) is 0 Å². The maximum Gasteiger partial charge on any atom is 0.192 e. The Kier molecular flexibility index (Phi) is 11.7. The van der Waals surface area contributed by atoms with Crippen molar-refractivity contribution in [2.75, 3.05) is 0 Å². The van der Waals surface area contributed by atoms with Gasteiger partial charge in [0.25, 0.3) is 0 Å². The molecule has 1 rings (SSSR count). The second kappa shape index (κ2) is 13.1. The minimum Gasteiger partial charge on any atom is -0.414 e. The molecule has 0 saturated carbocycles. The highest BCUT2D eigenvalue weighted by molar-refractivity contribution is 9.11. The average molecular weight is 474 g/mol. The first-order valence-corrected chi connectivity index (χ1v) is 14.3. The van der Waals surface area contributed by atoms with Crippen molar-refractivity contribution in [3.05, 3.63) is 47.0 Å². The number of hydrogen-bond acceptors (Lipinski definition) is 1. The summed E-state index contributed by atoms with van der Waals surface area (Å²) >= 11 is 3.51. The van der Waals surface area contributed by atoms with Gasteiger partial charge in [0.2, 0.25) is 0 Å². The molecule has 0 saturated heterocycles. The van der Waals surface area contributed by atoms with Gasteiger partial charge < -0.3 is 4.43 Å². The lowest BCUT2D eigenvalue weighted by Gasteiger charge is -2.39. The largest absolute Gasteiger partial charge is 0.414 e. The molecule has 1 aromatic carbocycles. The number of halogens is 1. The van der Waals surface area contributed by atoms with Gasteiger partial charge in [0.15, 0.2) is 8.32 Å². The molecule has 1 nitrogen and oxygen atoms in total. The summed E-state index contributed by atoms with van der Waals surface area (Å²) < 4.78 is 7.59. The molecular formula is C26H37BrOSi. The Morgan fingerprint density at radius 3 is 2.21 bits per heavy atom. The summed E-state index contributed by atoms with van der Waals surface area (Å²) in [5, 5.41) is 0.216. The summed E-state index contributed by atoms with van der Waals surface area (Å²) in [5.41, 5.74) is 1.09. The maximum absolute atomic E-state index is 6.59. The summed E-state index contributed by atoms with van der Waals surface area (Å²) in [6.45, 7) is 15.5. The van der Waals surface area contributed by atoms with Gasteiger partial charge >= 0.3 is 0 Å². The molecule has 158 valence electrons. The van der Waals surface area contributed by atoms with E-state index in [9.17, 15) is 0 Å². The number of hydrogen-bond donors (Lipinski definition) is 0. The highest BCUT2D eigenvalue weighted by Gasteiger charge is 2.38. The van der Waals surface area contributed by atoms with E-state index in [0.29, 0.717) is 0 Å². The fraction of sp³-hybridized carbons (Fsp3) is 0.538. The van der Waals surface area contributed by atoms with E-state index in [1.807, 2.05) is 30.3 Å². The van der Waals surface area contributed by atoms with Crippen LogP contribution >= 0.6 is 15.9 Å². The third kappa shape index (κ3) is 11.5. The summed E-state index contributed by atoms with van der Waals surface area (Å²) in [4.78, 5) is 0. The number of benzene rings is 1. The van der Waals surface area contributed by atoms with Crippen molar-refractivity contribution < 1.29 is 4.43 Å². The lowest BCUT2D eigenvalue weighted by atomic mass is 10.1. The Morgan fingerprint density at radius 1 is 1.03 bits per heavy atom. The minimum atomic E-state index is -1.78. The van der Waals surface area contributed by atoms with Gasteiger partial charge in [-0.1, -0.05) is 73.3 Å².